The molecule has 3 aromatic heterocycles. The number of nitrogens with zero attached hydrogens (tertiary/aromatic N) is 7. The summed E-state index contributed by atoms with van der Waals surface area (Å²) in [6.45, 7) is 5.04. The van der Waals surface area contributed by atoms with Gasteiger partial charge in [0.15, 0.2) is 5.84 Å². The van der Waals surface area contributed by atoms with E-state index in [1.54, 1.807) is 4.68 Å². The topological polar surface area (TPSA) is 102 Å². The molecule has 1 atom stereocenters. The fraction of sp³-hybridized carbons (Fsp3) is 0.296. The molecule has 0 aliphatic carbocycles. The van der Waals surface area contributed by atoms with Crippen LogP contribution in [0.4, 0.5) is 10.3 Å². The first kappa shape index (κ1) is 24.4. The van der Waals surface area contributed by atoms with Crippen LogP contribution in [0.3, 0.4) is 0 Å². The summed E-state index contributed by atoms with van der Waals surface area (Å²) < 4.78 is 15.1. The number of hydrogen-bond acceptors (Lipinski definition) is 5. The molecule has 1 fully saturated rings. The van der Waals surface area contributed by atoms with E-state index in [1.807, 2.05) is 56.2 Å². The summed E-state index contributed by atoms with van der Waals surface area (Å²) in [5, 5.41) is 11.8. The SMILES string of the molecule is CC[C@H](c1ccc(F)cc1)c1cnc(N2CCN(/C(=N/C=N)c3cc(-c4cnn(C)c4)c[nH]3)CC2)nc1. The zero-order valence-corrected chi connectivity index (χ0v) is 21.0. The number of benzene rings is 1. The molecular weight excluding hydrogens is 469 g/mol. The third kappa shape index (κ3) is 5.28. The fourth-order valence-electron chi connectivity index (χ4n) is 4.79. The average Bonchev–Trinajstić information content (AvgIpc) is 3.59. The molecule has 1 aliphatic heterocycles. The van der Waals surface area contributed by atoms with E-state index in [-0.39, 0.29) is 11.7 Å². The maximum atomic E-state index is 13.3. The molecule has 0 bridgehead atoms. The van der Waals surface area contributed by atoms with E-state index < -0.39 is 0 Å². The average molecular weight is 500 g/mol. The van der Waals surface area contributed by atoms with Gasteiger partial charge in [-0.25, -0.2) is 19.4 Å². The minimum absolute atomic E-state index is 0.128. The molecule has 190 valence electrons. The van der Waals surface area contributed by atoms with Crippen LogP contribution in [0, 0.1) is 11.2 Å². The van der Waals surface area contributed by atoms with E-state index in [1.165, 1.54) is 12.1 Å². The van der Waals surface area contributed by atoms with Gasteiger partial charge < -0.3 is 14.8 Å². The molecule has 0 amide bonds. The monoisotopic (exact) mass is 499 g/mol. The summed E-state index contributed by atoms with van der Waals surface area (Å²) in [6, 6.07) is 8.69. The van der Waals surface area contributed by atoms with Gasteiger partial charge in [0, 0.05) is 75.1 Å². The predicted octanol–water partition coefficient (Wildman–Crippen LogP) is 4.06. The second kappa shape index (κ2) is 10.7. The van der Waals surface area contributed by atoms with Crippen molar-refractivity contribution in [3.63, 3.8) is 0 Å². The van der Waals surface area contributed by atoms with Gasteiger partial charge in [-0.15, -0.1) is 0 Å². The number of aryl methyl sites for hydroxylation is 1. The van der Waals surface area contributed by atoms with Crippen molar-refractivity contribution < 1.29 is 4.39 Å². The second-order valence-electron chi connectivity index (χ2n) is 9.09. The van der Waals surface area contributed by atoms with Gasteiger partial charge in [0.05, 0.1) is 11.9 Å². The summed E-state index contributed by atoms with van der Waals surface area (Å²) in [5.74, 6) is 1.33. The van der Waals surface area contributed by atoms with E-state index in [9.17, 15) is 4.39 Å². The van der Waals surface area contributed by atoms with Gasteiger partial charge in [-0.05, 0) is 35.7 Å². The molecule has 0 spiro atoms. The van der Waals surface area contributed by atoms with Gasteiger partial charge in [-0.1, -0.05) is 19.1 Å². The summed E-state index contributed by atoms with van der Waals surface area (Å²) in [6.07, 6.45) is 11.5. The van der Waals surface area contributed by atoms with Crippen LogP contribution in [0.25, 0.3) is 11.1 Å². The smallest absolute Gasteiger partial charge is 0.225 e. The lowest BCUT2D eigenvalue weighted by atomic mass is 9.91. The Morgan fingerprint density at radius 1 is 1.08 bits per heavy atom. The minimum Gasteiger partial charge on any atom is -0.358 e. The van der Waals surface area contributed by atoms with Crippen LogP contribution in [-0.4, -0.2) is 68.0 Å². The number of amidine groups is 1. The number of halogens is 1. The van der Waals surface area contributed by atoms with Crippen LogP contribution in [0.2, 0.25) is 0 Å². The van der Waals surface area contributed by atoms with Crippen LogP contribution in [-0.2, 0) is 7.05 Å². The number of rotatable bonds is 7. The van der Waals surface area contributed by atoms with Crippen molar-refractivity contribution in [2.45, 2.75) is 19.3 Å². The minimum atomic E-state index is -0.233. The quantitative estimate of drug-likeness (QED) is 0.295. The first-order chi connectivity index (χ1) is 18.1. The lowest BCUT2D eigenvalue weighted by Crippen LogP contribution is -2.49. The Balaban J connectivity index is 1.25. The molecule has 1 aliphatic rings. The zero-order chi connectivity index (χ0) is 25.8. The van der Waals surface area contributed by atoms with Crippen molar-refractivity contribution in [1.82, 2.24) is 29.6 Å². The molecule has 0 saturated carbocycles. The highest BCUT2D eigenvalue weighted by molar-refractivity contribution is 6.01. The Kier molecular flexibility index (Phi) is 7.07. The van der Waals surface area contributed by atoms with Gasteiger partial charge >= 0.3 is 0 Å². The van der Waals surface area contributed by atoms with Crippen LogP contribution in [0.5, 0.6) is 0 Å². The molecule has 1 aromatic carbocycles. The number of aliphatic imine (C=N–C) groups is 1. The fourth-order valence-corrected chi connectivity index (χ4v) is 4.79. The van der Waals surface area contributed by atoms with E-state index in [2.05, 4.69) is 41.8 Å². The third-order valence-corrected chi connectivity index (χ3v) is 6.75. The van der Waals surface area contributed by atoms with Gasteiger partial charge in [-0.3, -0.25) is 10.1 Å². The number of piperazine rings is 1. The van der Waals surface area contributed by atoms with Crippen LogP contribution in [0.1, 0.15) is 36.1 Å². The van der Waals surface area contributed by atoms with Crippen molar-refractivity contribution in [2.24, 2.45) is 12.0 Å². The number of anilines is 1. The molecular formula is C27H30FN9. The number of aromatic nitrogens is 5. The van der Waals surface area contributed by atoms with Crippen molar-refractivity contribution in [3.8, 4) is 11.1 Å². The van der Waals surface area contributed by atoms with Crippen LogP contribution < -0.4 is 4.90 Å². The summed E-state index contributed by atoms with van der Waals surface area (Å²) >= 11 is 0. The standard InChI is InChI=1S/C27H30FN9/c1-3-24(19-4-6-23(28)7-5-19)21-14-31-27(32-15-21)37-10-8-36(9-11-37)26(33-18-29)25-12-20(13-30-25)22-16-34-35(2)17-22/h4-7,12-18,24,29-30H,3,8-11H2,1-2H3/b29-18?,33-26+/t24-/m1/s1. The van der Waals surface area contributed by atoms with Crippen molar-refractivity contribution in [1.29, 1.82) is 5.41 Å². The van der Waals surface area contributed by atoms with Crippen molar-refractivity contribution in [2.75, 3.05) is 31.1 Å². The zero-order valence-electron chi connectivity index (χ0n) is 21.0. The molecule has 1 saturated heterocycles. The molecule has 4 heterocycles. The number of hydrogen-bond donors (Lipinski definition) is 2. The Morgan fingerprint density at radius 2 is 1.81 bits per heavy atom. The van der Waals surface area contributed by atoms with Crippen molar-refractivity contribution in [3.05, 3.63) is 84.0 Å². The third-order valence-electron chi connectivity index (χ3n) is 6.75. The highest BCUT2D eigenvalue weighted by Gasteiger charge is 2.24. The maximum Gasteiger partial charge on any atom is 0.225 e. The normalized spacial score (nSPS) is 15.2. The second-order valence-corrected chi connectivity index (χ2v) is 9.09. The Hall–Kier alpha value is -4.34. The lowest BCUT2D eigenvalue weighted by Gasteiger charge is -2.36. The van der Waals surface area contributed by atoms with Crippen LogP contribution in [0.15, 0.2) is 66.3 Å². The molecule has 5 rings (SSSR count). The first-order valence-electron chi connectivity index (χ1n) is 12.4. The van der Waals surface area contributed by atoms with E-state index in [0.717, 1.165) is 72.7 Å². The van der Waals surface area contributed by atoms with Gasteiger partial charge in [0.2, 0.25) is 5.95 Å². The molecule has 37 heavy (non-hydrogen) atoms. The summed E-state index contributed by atoms with van der Waals surface area (Å²) in [5.41, 5.74) is 4.99. The molecule has 4 aromatic rings. The largest absolute Gasteiger partial charge is 0.358 e. The van der Waals surface area contributed by atoms with Crippen molar-refractivity contribution >= 4 is 18.1 Å². The highest BCUT2D eigenvalue weighted by Crippen LogP contribution is 2.28. The molecule has 10 heteroatoms. The highest BCUT2D eigenvalue weighted by atomic mass is 19.1. The van der Waals surface area contributed by atoms with Gasteiger partial charge in [0.1, 0.15) is 12.2 Å². The molecule has 2 N–H and O–H groups in total. The molecule has 0 radical (unpaired) electrons. The number of H-pyrrole nitrogens is 1. The Bertz CT molecular complexity index is 1360. The number of aromatic amines is 1. The summed E-state index contributed by atoms with van der Waals surface area (Å²) in [7, 11) is 1.89. The van der Waals surface area contributed by atoms with Gasteiger partial charge in [0.25, 0.3) is 0 Å². The molecule has 0 unspecified atom stereocenters. The van der Waals surface area contributed by atoms with Gasteiger partial charge in [-0.2, -0.15) is 5.10 Å². The molecule has 9 nitrogen and oxygen atoms in total. The van der Waals surface area contributed by atoms with E-state index >= 15 is 0 Å². The summed E-state index contributed by atoms with van der Waals surface area (Å²) in [4.78, 5) is 21.3. The van der Waals surface area contributed by atoms with E-state index in [0.29, 0.717) is 5.95 Å². The lowest BCUT2D eigenvalue weighted by molar-refractivity contribution is 0.383. The number of nitrogens with one attached hydrogen (secondary N) is 2. The van der Waals surface area contributed by atoms with E-state index in [4.69, 9.17) is 5.41 Å². The predicted molar refractivity (Wildman–Crippen MR) is 143 cm³/mol. The Labute approximate surface area is 215 Å². The maximum absolute atomic E-state index is 13.3. The first-order valence-corrected chi connectivity index (χ1v) is 12.4. The van der Waals surface area contributed by atoms with Crippen LogP contribution >= 0.6 is 0 Å². The Morgan fingerprint density at radius 3 is 2.43 bits per heavy atom.